The molecule has 0 aliphatic carbocycles. The molecular weight excluding hydrogens is 451 g/mol. The number of nitrogens with zero attached hydrogens (tertiary/aromatic N) is 2. The van der Waals surface area contributed by atoms with Crippen molar-refractivity contribution < 1.29 is 22.5 Å². The highest BCUT2D eigenvalue weighted by atomic mass is 35.5. The highest BCUT2D eigenvalue weighted by Crippen LogP contribution is 2.32. The Bertz CT molecular complexity index is 1230. The second-order valence-corrected chi connectivity index (χ2v) is 9.18. The van der Waals surface area contributed by atoms with E-state index in [-0.39, 0.29) is 22.7 Å². The van der Waals surface area contributed by atoms with E-state index in [2.05, 4.69) is 10.1 Å². The van der Waals surface area contributed by atoms with E-state index in [1.165, 1.54) is 12.1 Å². The van der Waals surface area contributed by atoms with Gasteiger partial charge in [-0.3, -0.25) is 9.79 Å². The fourth-order valence-corrected chi connectivity index (χ4v) is 4.47. The molecule has 4 rings (SSSR count). The number of aromatic nitrogens is 1. The van der Waals surface area contributed by atoms with Crippen molar-refractivity contribution >= 4 is 44.7 Å². The predicted octanol–water partition coefficient (Wildman–Crippen LogP) is 4.08. The average molecular weight is 465 g/mol. The third-order valence-corrected chi connectivity index (χ3v) is 6.33. The Kier molecular flexibility index (Phi) is 5.64. The summed E-state index contributed by atoms with van der Waals surface area (Å²) in [5, 5.41) is 4.29. The van der Waals surface area contributed by atoms with E-state index in [0.717, 1.165) is 0 Å². The molecule has 0 amide bonds. The quantitative estimate of drug-likeness (QED) is 0.509. The summed E-state index contributed by atoms with van der Waals surface area (Å²) in [7, 11) is -4.09. The Morgan fingerprint density at radius 2 is 1.63 bits per heavy atom. The smallest absolute Gasteiger partial charge is 0.262 e. The van der Waals surface area contributed by atoms with Crippen LogP contribution in [0.25, 0.3) is 11.3 Å². The molecule has 2 heterocycles. The van der Waals surface area contributed by atoms with Crippen LogP contribution >= 0.6 is 23.2 Å². The van der Waals surface area contributed by atoms with Crippen molar-refractivity contribution in [3.05, 3.63) is 69.7 Å². The van der Waals surface area contributed by atoms with Gasteiger partial charge in [0.1, 0.15) is 23.6 Å². The van der Waals surface area contributed by atoms with Crippen LogP contribution in [0.1, 0.15) is 15.9 Å². The molecule has 0 radical (unpaired) electrons. The molecule has 2 aromatic carbocycles. The topological polar surface area (TPSA) is 98.8 Å². The van der Waals surface area contributed by atoms with E-state index in [0.29, 0.717) is 28.8 Å². The number of aliphatic imine (C=N–C) groups is 1. The molecule has 1 aliphatic rings. The van der Waals surface area contributed by atoms with Gasteiger partial charge in [-0.15, -0.1) is 0 Å². The van der Waals surface area contributed by atoms with Crippen LogP contribution < -0.4 is 0 Å². The maximum absolute atomic E-state index is 13.3. The lowest BCUT2D eigenvalue weighted by molar-refractivity contribution is 0.103. The Hall–Kier alpha value is -2.68. The molecule has 0 spiro atoms. The van der Waals surface area contributed by atoms with Crippen molar-refractivity contribution in [1.82, 2.24) is 5.16 Å². The molecule has 154 valence electrons. The number of halogens is 2. The number of carbonyl (C=O) groups is 1. The van der Waals surface area contributed by atoms with Crippen molar-refractivity contribution in [3.8, 4) is 11.3 Å². The first kappa shape index (κ1) is 20.6. The fourth-order valence-electron chi connectivity index (χ4n) is 2.93. The second-order valence-electron chi connectivity index (χ2n) is 6.42. The summed E-state index contributed by atoms with van der Waals surface area (Å²) < 4.78 is 36.4. The van der Waals surface area contributed by atoms with Gasteiger partial charge in [0.25, 0.3) is 5.09 Å². The van der Waals surface area contributed by atoms with Crippen molar-refractivity contribution in [2.24, 2.45) is 4.99 Å². The molecule has 7 nitrogen and oxygen atoms in total. The van der Waals surface area contributed by atoms with E-state index >= 15 is 0 Å². The molecule has 0 bridgehead atoms. The summed E-state index contributed by atoms with van der Waals surface area (Å²) in [6, 6.07) is 12.6. The lowest BCUT2D eigenvalue weighted by Gasteiger charge is -2.06. The average Bonchev–Trinajstić information content (AvgIpc) is 3.38. The molecule has 3 aromatic rings. The largest absolute Gasteiger partial charge is 0.478 e. The molecule has 0 saturated heterocycles. The van der Waals surface area contributed by atoms with Gasteiger partial charge >= 0.3 is 0 Å². The standard InChI is InChI=1S/C20H14Cl2N2O5S/c21-14-5-1-12(2-6-14)18-17(19(25)13-3-7-15(22)8-4-13)20(29-24-18)30(26,27)11-16-23-9-10-28-16/h1-8H,9-11H2. The zero-order valence-electron chi connectivity index (χ0n) is 15.3. The number of ketones is 1. The summed E-state index contributed by atoms with van der Waals surface area (Å²) in [5.74, 6) is -1.02. The Morgan fingerprint density at radius 1 is 1.00 bits per heavy atom. The third kappa shape index (κ3) is 4.12. The molecule has 1 aliphatic heterocycles. The van der Waals surface area contributed by atoms with Crippen LogP contribution in [0, 0.1) is 0 Å². The molecule has 0 fully saturated rings. The van der Waals surface area contributed by atoms with Crippen molar-refractivity contribution in [3.63, 3.8) is 0 Å². The summed E-state index contributed by atoms with van der Waals surface area (Å²) in [5.41, 5.74) is 0.651. The first-order valence-electron chi connectivity index (χ1n) is 8.80. The number of sulfone groups is 1. The summed E-state index contributed by atoms with van der Waals surface area (Å²) in [6.45, 7) is 0.696. The SMILES string of the molecule is O=C(c1ccc(Cl)cc1)c1c(-c2ccc(Cl)cc2)noc1S(=O)(=O)CC1=NCCO1. The van der Waals surface area contributed by atoms with Gasteiger partial charge in [-0.25, -0.2) is 8.42 Å². The Morgan fingerprint density at radius 3 is 2.23 bits per heavy atom. The van der Waals surface area contributed by atoms with Gasteiger partial charge in [0.2, 0.25) is 9.84 Å². The van der Waals surface area contributed by atoms with Gasteiger partial charge in [0.15, 0.2) is 11.7 Å². The lowest BCUT2D eigenvalue weighted by Crippen LogP contribution is -2.18. The van der Waals surface area contributed by atoms with Crippen LogP contribution in [0.2, 0.25) is 10.0 Å². The van der Waals surface area contributed by atoms with Crippen molar-refractivity contribution in [2.75, 3.05) is 18.9 Å². The molecular formula is C20H14Cl2N2O5S. The highest BCUT2D eigenvalue weighted by molar-refractivity contribution is 7.92. The molecule has 0 atom stereocenters. The van der Waals surface area contributed by atoms with E-state index in [9.17, 15) is 13.2 Å². The second kappa shape index (κ2) is 8.22. The zero-order valence-corrected chi connectivity index (χ0v) is 17.7. The monoisotopic (exact) mass is 464 g/mol. The van der Waals surface area contributed by atoms with Crippen LogP contribution in [-0.2, 0) is 14.6 Å². The lowest BCUT2D eigenvalue weighted by atomic mass is 10.0. The van der Waals surface area contributed by atoms with E-state index in [4.69, 9.17) is 32.5 Å². The van der Waals surface area contributed by atoms with Crippen LogP contribution in [0.15, 0.2) is 63.1 Å². The summed E-state index contributed by atoms with van der Waals surface area (Å²) in [6.07, 6.45) is 0. The number of carbonyl (C=O) groups excluding carboxylic acids is 1. The first-order valence-corrected chi connectivity index (χ1v) is 11.2. The van der Waals surface area contributed by atoms with Crippen LogP contribution in [0.3, 0.4) is 0 Å². The van der Waals surface area contributed by atoms with E-state index in [1.807, 2.05) is 0 Å². The minimum atomic E-state index is -4.09. The molecule has 0 saturated carbocycles. The van der Waals surface area contributed by atoms with Crippen LogP contribution in [-0.4, -0.2) is 44.2 Å². The molecule has 30 heavy (non-hydrogen) atoms. The zero-order chi connectivity index (χ0) is 21.3. The first-order chi connectivity index (χ1) is 14.3. The van der Waals surface area contributed by atoms with Crippen molar-refractivity contribution in [2.45, 2.75) is 5.09 Å². The Balaban J connectivity index is 1.85. The maximum Gasteiger partial charge on any atom is 0.262 e. The van der Waals surface area contributed by atoms with Crippen LogP contribution in [0.4, 0.5) is 0 Å². The van der Waals surface area contributed by atoms with Gasteiger partial charge in [-0.05, 0) is 36.4 Å². The maximum atomic E-state index is 13.3. The number of hydrogen-bond acceptors (Lipinski definition) is 7. The number of benzene rings is 2. The van der Waals surface area contributed by atoms with Gasteiger partial charge in [-0.1, -0.05) is 40.5 Å². The van der Waals surface area contributed by atoms with Crippen molar-refractivity contribution in [1.29, 1.82) is 0 Å². The molecule has 0 unspecified atom stereocenters. The number of rotatable bonds is 6. The summed E-state index contributed by atoms with van der Waals surface area (Å²) >= 11 is 11.8. The van der Waals surface area contributed by atoms with E-state index < -0.39 is 26.5 Å². The Labute approximate surface area is 182 Å². The number of ether oxygens (including phenoxy) is 1. The normalized spacial score (nSPS) is 13.7. The minimum absolute atomic E-state index is 0.0735. The van der Waals surface area contributed by atoms with Gasteiger partial charge in [-0.2, -0.15) is 0 Å². The number of hydrogen-bond donors (Lipinski definition) is 0. The fraction of sp³-hybridized carbons (Fsp3) is 0.150. The predicted molar refractivity (Wildman–Crippen MR) is 112 cm³/mol. The van der Waals surface area contributed by atoms with Gasteiger partial charge < -0.3 is 9.26 Å². The van der Waals surface area contributed by atoms with Gasteiger partial charge in [0.05, 0.1) is 6.54 Å². The molecule has 1 aromatic heterocycles. The molecule has 10 heteroatoms. The molecule has 0 N–H and O–H groups in total. The third-order valence-electron chi connectivity index (χ3n) is 4.36. The highest BCUT2D eigenvalue weighted by Gasteiger charge is 2.34. The van der Waals surface area contributed by atoms with Crippen LogP contribution in [0.5, 0.6) is 0 Å². The summed E-state index contributed by atoms with van der Waals surface area (Å²) in [4.78, 5) is 17.3. The van der Waals surface area contributed by atoms with E-state index in [1.54, 1.807) is 36.4 Å². The van der Waals surface area contributed by atoms with Gasteiger partial charge in [0, 0.05) is 21.2 Å². The minimum Gasteiger partial charge on any atom is -0.478 e.